The number of aromatic carboxylic acids is 1. The van der Waals surface area contributed by atoms with Crippen molar-refractivity contribution in [2.24, 2.45) is 0 Å². The third kappa shape index (κ3) is 3.79. The van der Waals surface area contributed by atoms with Gasteiger partial charge in [0.25, 0.3) is 0 Å². The van der Waals surface area contributed by atoms with Crippen molar-refractivity contribution < 1.29 is 14.7 Å². The largest absolute Gasteiger partial charge is 0.478 e. The lowest BCUT2D eigenvalue weighted by atomic mass is 9.77. The Morgan fingerprint density at radius 2 is 1.65 bits per heavy atom. The monoisotopic (exact) mass is 414 g/mol. The molecule has 5 heteroatoms. The Morgan fingerprint density at radius 3 is 2.32 bits per heavy atom. The average Bonchev–Trinajstić information content (AvgIpc) is 2.74. The number of nitrogens with two attached hydrogens (primary N) is 1. The van der Waals surface area contributed by atoms with Gasteiger partial charge < -0.3 is 15.7 Å². The van der Waals surface area contributed by atoms with Gasteiger partial charge in [-0.3, -0.25) is 4.79 Å². The normalized spacial score (nSPS) is 14.7. The molecule has 0 atom stereocenters. The van der Waals surface area contributed by atoms with Crippen molar-refractivity contribution in [1.29, 1.82) is 0 Å². The standard InChI is InChI=1S/C26H26N2O3/c1-16-4-8-19(9-5-16)28-13-12-26(2,3)21-10-6-17(15-23(21)28)24(29)20-14-18(25(30)31)7-11-22(20)27/h4-11,14-15H,12-13,27H2,1-3H3,(H,30,31). The van der Waals surface area contributed by atoms with E-state index in [0.717, 1.165) is 24.3 Å². The highest BCUT2D eigenvalue weighted by atomic mass is 16.4. The number of carboxylic acids is 1. The van der Waals surface area contributed by atoms with Gasteiger partial charge in [0.2, 0.25) is 0 Å². The predicted molar refractivity (Wildman–Crippen MR) is 124 cm³/mol. The second kappa shape index (κ2) is 7.58. The molecule has 1 heterocycles. The first kappa shape index (κ1) is 20.7. The van der Waals surface area contributed by atoms with E-state index >= 15 is 0 Å². The van der Waals surface area contributed by atoms with E-state index in [-0.39, 0.29) is 28.0 Å². The number of hydrogen-bond acceptors (Lipinski definition) is 4. The van der Waals surface area contributed by atoms with Gasteiger partial charge in [-0.15, -0.1) is 0 Å². The van der Waals surface area contributed by atoms with Crippen LogP contribution in [-0.2, 0) is 5.41 Å². The molecule has 1 aliphatic heterocycles. The van der Waals surface area contributed by atoms with Crippen molar-refractivity contribution in [2.75, 3.05) is 17.2 Å². The molecule has 3 N–H and O–H groups in total. The first-order valence-corrected chi connectivity index (χ1v) is 10.3. The maximum absolute atomic E-state index is 13.3. The molecule has 0 unspecified atom stereocenters. The molecule has 0 saturated carbocycles. The van der Waals surface area contributed by atoms with E-state index in [1.807, 2.05) is 18.2 Å². The molecule has 0 aliphatic carbocycles. The Balaban J connectivity index is 1.81. The first-order valence-electron chi connectivity index (χ1n) is 10.3. The number of anilines is 3. The van der Waals surface area contributed by atoms with E-state index < -0.39 is 5.97 Å². The summed E-state index contributed by atoms with van der Waals surface area (Å²) < 4.78 is 0. The molecule has 0 saturated heterocycles. The third-order valence-electron chi connectivity index (χ3n) is 6.13. The summed E-state index contributed by atoms with van der Waals surface area (Å²) >= 11 is 0. The van der Waals surface area contributed by atoms with Crippen molar-refractivity contribution in [3.05, 3.63) is 88.5 Å². The molecule has 0 bridgehead atoms. The van der Waals surface area contributed by atoms with Crippen LogP contribution in [0, 0.1) is 6.92 Å². The fraction of sp³-hybridized carbons (Fsp3) is 0.231. The van der Waals surface area contributed by atoms with Crippen LogP contribution < -0.4 is 10.6 Å². The molecular weight excluding hydrogens is 388 g/mol. The van der Waals surface area contributed by atoms with E-state index in [0.29, 0.717) is 5.56 Å². The Kier molecular flexibility index (Phi) is 5.05. The number of aryl methyl sites for hydroxylation is 1. The molecule has 0 amide bonds. The number of nitrogens with zero attached hydrogens (tertiary/aromatic N) is 1. The second-order valence-electron chi connectivity index (χ2n) is 8.79. The van der Waals surface area contributed by atoms with Crippen LogP contribution >= 0.6 is 0 Å². The van der Waals surface area contributed by atoms with Crippen LogP contribution in [0.1, 0.15) is 57.7 Å². The summed E-state index contributed by atoms with van der Waals surface area (Å²) in [4.78, 5) is 26.9. The van der Waals surface area contributed by atoms with Crippen LogP contribution in [0.3, 0.4) is 0 Å². The number of carbonyl (C=O) groups is 2. The summed E-state index contributed by atoms with van der Waals surface area (Å²) in [6, 6.07) is 18.3. The first-order chi connectivity index (χ1) is 14.7. The quantitative estimate of drug-likeness (QED) is 0.446. The summed E-state index contributed by atoms with van der Waals surface area (Å²) in [6.45, 7) is 7.34. The summed E-state index contributed by atoms with van der Waals surface area (Å²) in [5.74, 6) is -1.37. The van der Waals surface area contributed by atoms with E-state index in [4.69, 9.17) is 5.73 Å². The number of nitrogen functional groups attached to an aromatic ring is 1. The molecule has 0 fully saturated rings. The minimum absolute atomic E-state index is 0.0135. The topological polar surface area (TPSA) is 83.6 Å². The van der Waals surface area contributed by atoms with Crippen LogP contribution in [0.2, 0.25) is 0 Å². The average molecular weight is 415 g/mol. The lowest BCUT2D eigenvalue weighted by Gasteiger charge is -2.40. The molecule has 158 valence electrons. The molecule has 1 aliphatic rings. The number of rotatable bonds is 4. The molecule has 31 heavy (non-hydrogen) atoms. The zero-order valence-corrected chi connectivity index (χ0v) is 18.0. The molecule has 0 aromatic heterocycles. The molecule has 4 rings (SSSR count). The molecule has 0 spiro atoms. The van der Waals surface area contributed by atoms with Crippen molar-refractivity contribution in [1.82, 2.24) is 0 Å². The molecular formula is C26H26N2O3. The number of benzene rings is 3. The highest BCUT2D eigenvalue weighted by molar-refractivity contribution is 6.13. The second-order valence-corrected chi connectivity index (χ2v) is 8.79. The van der Waals surface area contributed by atoms with Crippen molar-refractivity contribution in [3.63, 3.8) is 0 Å². The summed E-state index contributed by atoms with van der Waals surface area (Å²) in [5, 5.41) is 9.29. The fourth-order valence-corrected chi connectivity index (χ4v) is 4.15. The smallest absolute Gasteiger partial charge is 0.335 e. The van der Waals surface area contributed by atoms with Crippen LogP contribution in [0.15, 0.2) is 60.7 Å². The van der Waals surface area contributed by atoms with Gasteiger partial charge in [0.1, 0.15) is 0 Å². The van der Waals surface area contributed by atoms with Gasteiger partial charge in [0.15, 0.2) is 5.78 Å². The van der Waals surface area contributed by atoms with Crippen molar-refractivity contribution in [2.45, 2.75) is 32.6 Å². The Bertz CT molecular complexity index is 1180. The number of carboxylic acid groups (broad SMARTS) is 1. The maximum atomic E-state index is 13.3. The predicted octanol–water partition coefficient (Wildman–Crippen LogP) is 5.33. The SMILES string of the molecule is Cc1ccc(N2CCC(C)(C)c3ccc(C(=O)c4cc(C(=O)O)ccc4N)cc32)cc1. The van der Waals surface area contributed by atoms with Gasteiger partial charge in [-0.05, 0) is 60.7 Å². The Morgan fingerprint density at radius 1 is 0.968 bits per heavy atom. The Hall–Kier alpha value is -3.60. The fourth-order valence-electron chi connectivity index (χ4n) is 4.15. The van der Waals surface area contributed by atoms with Gasteiger partial charge in [-0.1, -0.05) is 43.7 Å². The van der Waals surface area contributed by atoms with Crippen molar-refractivity contribution in [3.8, 4) is 0 Å². The molecule has 5 nitrogen and oxygen atoms in total. The molecule has 0 radical (unpaired) electrons. The zero-order valence-electron chi connectivity index (χ0n) is 18.0. The summed E-state index contributed by atoms with van der Waals surface area (Å²) in [7, 11) is 0. The van der Waals surface area contributed by atoms with Crippen LogP contribution in [-0.4, -0.2) is 23.4 Å². The van der Waals surface area contributed by atoms with Crippen LogP contribution in [0.4, 0.5) is 17.1 Å². The number of hydrogen-bond donors (Lipinski definition) is 2. The zero-order chi connectivity index (χ0) is 22.3. The van der Waals surface area contributed by atoms with Gasteiger partial charge in [0, 0.05) is 34.7 Å². The third-order valence-corrected chi connectivity index (χ3v) is 6.13. The van der Waals surface area contributed by atoms with E-state index in [9.17, 15) is 14.7 Å². The van der Waals surface area contributed by atoms with E-state index in [1.54, 1.807) is 0 Å². The number of ketones is 1. The van der Waals surface area contributed by atoms with Crippen molar-refractivity contribution >= 4 is 28.8 Å². The maximum Gasteiger partial charge on any atom is 0.335 e. The lowest BCUT2D eigenvalue weighted by Crippen LogP contribution is -2.34. The number of fused-ring (bicyclic) bond motifs is 1. The van der Waals surface area contributed by atoms with Gasteiger partial charge in [-0.25, -0.2) is 4.79 Å². The van der Waals surface area contributed by atoms with Crippen LogP contribution in [0.25, 0.3) is 0 Å². The van der Waals surface area contributed by atoms with Gasteiger partial charge in [-0.2, -0.15) is 0 Å². The highest BCUT2D eigenvalue weighted by Gasteiger charge is 2.32. The van der Waals surface area contributed by atoms with Gasteiger partial charge >= 0.3 is 5.97 Å². The van der Waals surface area contributed by atoms with Crippen LogP contribution in [0.5, 0.6) is 0 Å². The highest BCUT2D eigenvalue weighted by Crippen LogP contribution is 2.43. The minimum atomic E-state index is -1.09. The Labute approximate surface area is 182 Å². The molecule has 3 aromatic rings. The summed E-state index contributed by atoms with van der Waals surface area (Å²) in [5.41, 5.74) is 11.5. The number of carbonyl (C=O) groups excluding carboxylic acids is 1. The summed E-state index contributed by atoms with van der Waals surface area (Å²) in [6.07, 6.45) is 0.995. The lowest BCUT2D eigenvalue weighted by molar-refractivity contribution is 0.0697. The molecule has 3 aromatic carbocycles. The van der Waals surface area contributed by atoms with E-state index in [1.165, 1.54) is 29.3 Å². The minimum Gasteiger partial charge on any atom is -0.478 e. The van der Waals surface area contributed by atoms with Gasteiger partial charge in [0.05, 0.1) is 5.56 Å². The van der Waals surface area contributed by atoms with E-state index in [2.05, 4.69) is 49.9 Å².